The number of aromatic nitrogens is 3. The second kappa shape index (κ2) is 4.69. The molecule has 0 aromatic carbocycles. The van der Waals surface area contributed by atoms with Crippen LogP contribution in [0.25, 0.3) is 0 Å². The predicted octanol–water partition coefficient (Wildman–Crippen LogP) is 1.41. The SMILES string of the molecule is CC1c2nnc(C(F)(F)F)n2CCN1S(=O)(=O)C(C)C. The molecule has 0 aliphatic carbocycles. The number of fused-ring (bicyclic) bond motifs is 1. The lowest BCUT2D eigenvalue weighted by molar-refractivity contribution is -0.147. The summed E-state index contributed by atoms with van der Waals surface area (Å²) in [5, 5.41) is 6.02. The first kappa shape index (κ1) is 15.2. The molecule has 0 saturated carbocycles. The summed E-state index contributed by atoms with van der Waals surface area (Å²) in [6.07, 6.45) is -4.59. The average Bonchev–Trinajstić information content (AvgIpc) is 2.72. The van der Waals surface area contributed by atoms with Gasteiger partial charge in [0.05, 0.1) is 11.3 Å². The zero-order chi connectivity index (χ0) is 15.3. The minimum Gasteiger partial charge on any atom is -0.305 e. The van der Waals surface area contributed by atoms with Crippen LogP contribution in [-0.4, -0.2) is 39.3 Å². The highest BCUT2D eigenvalue weighted by Crippen LogP contribution is 2.34. The van der Waals surface area contributed by atoms with E-state index >= 15 is 0 Å². The third kappa shape index (κ3) is 2.30. The molecule has 0 amide bonds. The van der Waals surface area contributed by atoms with E-state index in [0.29, 0.717) is 0 Å². The summed E-state index contributed by atoms with van der Waals surface area (Å²) in [7, 11) is -3.55. The van der Waals surface area contributed by atoms with Crippen molar-refractivity contribution in [3.8, 4) is 0 Å². The van der Waals surface area contributed by atoms with Gasteiger partial charge in [-0.25, -0.2) is 8.42 Å². The molecule has 1 aliphatic heterocycles. The van der Waals surface area contributed by atoms with Crippen molar-refractivity contribution < 1.29 is 21.6 Å². The molecule has 2 heterocycles. The molecule has 114 valence electrons. The van der Waals surface area contributed by atoms with E-state index in [0.717, 1.165) is 4.57 Å². The number of hydrogen-bond acceptors (Lipinski definition) is 4. The molecule has 0 fully saturated rings. The standard InChI is InChI=1S/C10H15F3N4O2S/c1-6(2)20(18,19)17-5-4-16-8(7(17)3)14-15-9(16)10(11,12)13/h6-7H,4-5H2,1-3H3. The van der Waals surface area contributed by atoms with Gasteiger partial charge in [0.15, 0.2) is 5.82 Å². The Morgan fingerprint density at radius 1 is 1.25 bits per heavy atom. The fraction of sp³-hybridized carbons (Fsp3) is 0.800. The first-order valence-corrected chi connectivity index (χ1v) is 7.58. The van der Waals surface area contributed by atoms with Crippen molar-refractivity contribution in [1.29, 1.82) is 0 Å². The van der Waals surface area contributed by atoms with Crippen molar-refractivity contribution in [3.05, 3.63) is 11.6 Å². The molecule has 0 saturated heterocycles. The molecule has 0 radical (unpaired) electrons. The molecule has 1 aromatic heterocycles. The van der Waals surface area contributed by atoms with Crippen LogP contribution in [0.4, 0.5) is 13.2 Å². The third-order valence-electron chi connectivity index (χ3n) is 3.31. The fourth-order valence-electron chi connectivity index (χ4n) is 2.19. The molecular weight excluding hydrogens is 297 g/mol. The molecule has 2 rings (SSSR count). The smallest absolute Gasteiger partial charge is 0.305 e. The van der Waals surface area contributed by atoms with E-state index in [-0.39, 0.29) is 18.9 Å². The Morgan fingerprint density at radius 3 is 2.35 bits per heavy atom. The molecule has 1 atom stereocenters. The van der Waals surface area contributed by atoms with Crippen molar-refractivity contribution in [2.45, 2.75) is 44.8 Å². The van der Waals surface area contributed by atoms with Crippen LogP contribution in [0.2, 0.25) is 0 Å². The van der Waals surface area contributed by atoms with E-state index < -0.39 is 33.3 Å². The Morgan fingerprint density at radius 2 is 1.85 bits per heavy atom. The highest BCUT2D eigenvalue weighted by Gasteiger charge is 2.43. The molecule has 20 heavy (non-hydrogen) atoms. The average molecular weight is 312 g/mol. The molecular formula is C10H15F3N4O2S. The lowest BCUT2D eigenvalue weighted by Gasteiger charge is -2.33. The maximum Gasteiger partial charge on any atom is 0.451 e. The van der Waals surface area contributed by atoms with Crippen molar-refractivity contribution in [2.24, 2.45) is 0 Å². The zero-order valence-corrected chi connectivity index (χ0v) is 12.0. The highest BCUT2D eigenvalue weighted by atomic mass is 32.2. The molecule has 1 unspecified atom stereocenters. The van der Waals surface area contributed by atoms with Crippen molar-refractivity contribution in [3.63, 3.8) is 0 Å². The van der Waals surface area contributed by atoms with Crippen LogP contribution < -0.4 is 0 Å². The molecule has 1 aliphatic rings. The lowest BCUT2D eigenvalue weighted by atomic mass is 10.2. The number of sulfonamides is 1. The summed E-state index contributed by atoms with van der Waals surface area (Å²) < 4.78 is 64.7. The van der Waals surface area contributed by atoms with Gasteiger partial charge in [-0.15, -0.1) is 10.2 Å². The van der Waals surface area contributed by atoms with E-state index in [1.54, 1.807) is 0 Å². The van der Waals surface area contributed by atoms with Crippen LogP contribution in [0.3, 0.4) is 0 Å². The first-order chi connectivity index (χ1) is 9.06. The van der Waals surface area contributed by atoms with Gasteiger partial charge in [-0.3, -0.25) is 0 Å². The molecule has 0 bridgehead atoms. The van der Waals surface area contributed by atoms with Gasteiger partial charge in [0.1, 0.15) is 0 Å². The van der Waals surface area contributed by atoms with Crippen LogP contribution >= 0.6 is 0 Å². The summed E-state index contributed by atoms with van der Waals surface area (Å²) in [4.78, 5) is 0. The number of hydrogen-bond donors (Lipinski definition) is 0. The summed E-state index contributed by atoms with van der Waals surface area (Å²) in [6, 6.07) is -0.764. The van der Waals surface area contributed by atoms with Crippen molar-refractivity contribution in [1.82, 2.24) is 19.1 Å². The van der Waals surface area contributed by atoms with E-state index in [9.17, 15) is 21.6 Å². The summed E-state index contributed by atoms with van der Waals surface area (Å²) >= 11 is 0. The minimum atomic E-state index is -4.59. The second-order valence-electron chi connectivity index (χ2n) is 4.91. The van der Waals surface area contributed by atoms with E-state index in [1.807, 2.05) is 0 Å². The summed E-state index contributed by atoms with van der Waals surface area (Å²) in [6.45, 7) is 4.45. The first-order valence-electron chi connectivity index (χ1n) is 6.07. The lowest BCUT2D eigenvalue weighted by Crippen LogP contribution is -2.44. The normalized spacial score (nSPS) is 21.2. The number of halogens is 3. The maximum atomic E-state index is 12.7. The van der Waals surface area contributed by atoms with Gasteiger partial charge in [-0.05, 0) is 20.8 Å². The van der Waals surface area contributed by atoms with E-state index in [1.165, 1.54) is 25.1 Å². The minimum absolute atomic E-state index is 0.0181. The van der Waals surface area contributed by atoms with Gasteiger partial charge in [-0.1, -0.05) is 0 Å². The summed E-state index contributed by atoms with van der Waals surface area (Å²) in [5.74, 6) is -1.06. The Hall–Kier alpha value is -1.16. The fourth-order valence-corrected chi connectivity index (χ4v) is 3.61. The van der Waals surface area contributed by atoms with Crippen molar-refractivity contribution in [2.75, 3.05) is 6.54 Å². The largest absolute Gasteiger partial charge is 0.451 e. The summed E-state index contributed by atoms with van der Waals surface area (Å²) in [5.41, 5.74) is 0. The number of alkyl halides is 3. The third-order valence-corrected chi connectivity index (χ3v) is 5.65. The Kier molecular flexibility index (Phi) is 3.57. The zero-order valence-electron chi connectivity index (χ0n) is 11.2. The van der Waals surface area contributed by atoms with Crippen LogP contribution in [0.15, 0.2) is 0 Å². The van der Waals surface area contributed by atoms with Crippen LogP contribution in [0.5, 0.6) is 0 Å². The Bertz CT molecular complexity index is 609. The quantitative estimate of drug-likeness (QED) is 0.828. The van der Waals surface area contributed by atoms with Gasteiger partial charge in [0.2, 0.25) is 15.8 Å². The van der Waals surface area contributed by atoms with Gasteiger partial charge >= 0.3 is 6.18 Å². The molecule has 0 spiro atoms. The maximum absolute atomic E-state index is 12.7. The van der Waals surface area contributed by atoms with Gasteiger partial charge < -0.3 is 4.57 Å². The molecule has 1 aromatic rings. The molecule has 6 nitrogen and oxygen atoms in total. The van der Waals surface area contributed by atoms with Gasteiger partial charge in [-0.2, -0.15) is 17.5 Å². The monoisotopic (exact) mass is 312 g/mol. The van der Waals surface area contributed by atoms with E-state index in [4.69, 9.17) is 0 Å². The van der Waals surface area contributed by atoms with Crippen LogP contribution in [-0.2, 0) is 22.7 Å². The second-order valence-corrected chi connectivity index (χ2v) is 7.35. The highest BCUT2D eigenvalue weighted by molar-refractivity contribution is 7.89. The topological polar surface area (TPSA) is 68.1 Å². The van der Waals surface area contributed by atoms with Gasteiger partial charge in [0.25, 0.3) is 0 Å². The molecule has 10 heteroatoms. The Balaban J connectivity index is 2.42. The van der Waals surface area contributed by atoms with Crippen LogP contribution in [0, 0.1) is 0 Å². The van der Waals surface area contributed by atoms with E-state index in [2.05, 4.69) is 10.2 Å². The van der Waals surface area contributed by atoms with Crippen molar-refractivity contribution >= 4 is 10.0 Å². The van der Waals surface area contributed by atoms with Crippen LogP contribution in [0.1, 0.15) is 38.5 Å². The Labute approximate surface area is 114 Å². The van der Waals surface area contributed by atoms with Gasteiger partial charge in [0, 0.05) is 13.1 Å². The predicted molar refractivity (Wildman–Crippen MR) is 64.2 cm³/mol. The molecule has 0 N–H and O–H groups in total. The number of nitrogens with zero attached hydrogens (tertiary/aromatic N) is 4. The number of rotatable bonds is 2.